The molecule has 0 aromatic heterocycles. The van der Waals surface area contributed by atoms with Gasteiger partial charge in [-0.15, -0.1) is 0 Å². The van der Waals surface area contributed by atoms with Crippen LogP contribution in [0.4, 0.5) is 11.4 Å². The predicted octanol–water partition coefficient (Wildman–Crippen LogP) is 2.01. The number of nitrogens with zero attached hydrogens (tertiary/aromatic N) is 2. The number of hydrogen-bond acceptors (Lipinski definition) is 3. The summed E-state index contributed by atoms with van der Waals surface area (Å²) in [5.74, 6) is 0. The van der Waals surface area contributed by atoms with Crippen molar-refractivity contribution in [3.05, 3.63) is 21.8 Å². The molecule has 1 unspecified atom stereocenters. The van der Waals surface area contributed by atoms with E-state index >= 15 is 0 Å². The summed E-state index contributed by atoms with van der Waals surface area (Å²) < 4.78 is 1.20. The van der Waals surface area contributed by atoms with Gasteiger partial charge in [0.1, 0.15) is 0 Å². The SMILES string of the molecule is CC1CN(c2ccc(I)cc2N)CCN1C. The molecule has 1 aromatic rings. The number of benzene rings is 1. The number of nitrogens with two attached hydrogens (primary N) is 1. The molecule has 0 spiro atoms. The summed E-state index contributed by atoms with van der Waals surface area (Å²) in [6.07, 6.45) is 0. The maximum atomic E-state index is 6.07. The second kappa shape index (κ2) is 4.79. The van der Waals surface area contributed by atoms with Crippen LogP contribution in [-0.2, 0) is 0 Å². The molecule has 0 aliphatic carbocycles. The van der Waals surface area contributed by atoms with Gasteiger partial charge in [0, 0.05) is 29.2 Å². The Morgan fingerprint density at radius 2 is 2.12 bits per heavy atom. The highest BCUT2D eigenvalue weighted by Crippen LogP contribution is 2.26. The molecule has 1 aromatic carbocycles. The quantitative estimate of drug-likeness (QED) is 0.631. The molecule has 2 N–H and O–H groups in total. The smallest absolute Gasteiger partial charge is 0.0601 e. The molecule has 16 heavy (non-hydrogen) atoms. The number of halogens is 1. The topological polar surface area (TPSA) is 32.5 Å². The molecule has 1 aliphatic heterocycles. The van der Waals surface area contributed by atoms with Crippen molar-refractivity contribution < 1.29 is 0 Å². The molecule has 0 saturated carbocycles. The van der Waals surface area contributed by atoms with Gasteiger partial charge in [0.05, 0.1) is 11.4 Å². The fourth-order valence-electron chi connectivity index (χ4n) is 2.08. The van der Waals surface area contributed by atoms with Crippen molar-refractivity contribution in [1.82, 2.24) is 4.90 Å². The Bertz CT molecular complexity index is 381. The summed E-state index contributed by atoms with van der Waals surface area (Å²) in [5, 5.41) is 0. The molecule has 0 amide bonds. The number of likely N-dealkylation sites (N-methyl/N-ethyl adjacent to an activating group) is 1. The maximum Gasteiger partial charge on any atom is 0.0601 e. The number of hydrogen-bond donors (Lipinski definition) is 1. The fourth-order valence-corrected chi connectivity index (χ4v) is 2.60. The van der Waals surface area contributed by atoms with Gasteiger partial charge in [-0.2, -0.15) is 0 Å². The van der Waals surface area contributed by atoms with Crippen molar-refractivity contribution in [3.63, 3.8) is 0 Å². The first-order chi connectivity index (χ1) is 7.58. The van der Waals surface area contributed by atoms with Crippen LogP contribution >= 0.6 is 22.6 Å². The Hall–Kier alpha value is -0.490. The van der Waals surface area contributed by atoms with E-state index in [4.69, 9.17) is 5.73 Å². The van der Waals surface area contributed by atoms with E-state index in [-0.39, 0.29) is 0 Å². The first-order valence-electron chi connectivity index (χ1n) is 5.58. The van der Waals surface area contributed by atoms with E-state index < -0.39 is 0 Å². The molecule has 0 bridgehead atoms. The lowest BCUT2D eigenvalue weighted by molar-refractivity contribution is 0.234. The fraction of sp³-hybridized carbons (Fsp3) is 0.500. The highest BCUT2D eigenvalue weighted by atomic mass is 127. The van der Waals surface area contributed by atoms with Gasteiger partial charge in [-0.05, 0) is 54.8 Å². The minimum atomic E-state index is 0.590. The largest absolute Gasteiger partial charge is 0.397 e. The highest BCUT2D eigenvalue weighted by molar-refractivity contribution is 14.1. The Labute approximate surface area is 111 Å². The summed E-state index contributed by atoms with van der Waals surface area (Å²) in [4.78, 5) is 4.77. The molecular weight excluding hydrogens is 313 g/mol. The van der Waals surface area contributed by atoms with Crippen LogP contribution in [-0.4, -0.2) is 37.6 Å². The predicted molar refractivity (Wildman–Crippen MR) is 77.9 cm³/mol. The van der Waals surface area contributed by atoms with E-state index in [1.165, 1.54) is 9.26 Å². The van der Waals surface area contributed by atoms with Crippen LogP contribution in [0.1, 0.15) is 6.92 Å². The molecule has 88 valence electrons. The highest BCUT2D eigenvalue weighted by Gasteiger charge is 2.21. The normalized spacial score (nSPS) is 22.4. The summed E-state index contributed by atoms with van der Waals surface area (Å²) in [6.45, 7) is 5.48. The zero-order valence-corrected chi connectivity index (χ0v) is 11.9. The molecule has 1 heterocycles. The van der Waals surface area contributed by atoms with Gasteiger partial charge in [0.25, 0.3) is 0 Å². The lowest BCUT2D eigenvalue weighted by Crippen LogP contribution is -2.50. The lowest BCUT2D eigenvalue weighted by Gasteiger charge is -2.39. The monoisotopic (exact) mass is 331 g/mol. The number of anilines is 2. The summed E-state index contributed by atoms with van der Waals surface area (Å²) in [6, 6.07) is 6.89. The van der Waals surface area contributed by atoms with Crippen LogP contribution in [0.3, 0.4) is 0 Å². The van der Waals surface area contributed by atoms with Gasteiger partial charge in [-0.3, -0.25) is 0 Å². The standard InChI is InChI=1S/C12H18IN3/c1-9-8-16(6-5-15(9)2)12-4-3-10(13)7-11(12)14/h3-4,7,9H,5-6,8,14H2,1-2H3. The van der Waals surface area contributed by atoms with Crippen LogP contribution in [0.15, 0.2) is 18.2 Å². The Kier molecular flexibility index (Phi) is 3.59. The van der Waals surface area contributed by atoms with Crippen molar-refractivity contribution in [2.24, 2.45) is 0 Å². The molecule has 1 atom stereocenters. The molecular formula is C12H18IN3. The molecule has 2 rings (SSSR count). The Balaban J connectivity index is 2.18. The number of nitrogen functional groups attached to an aromatic ring is 1. The zero-order chi connectivity index (χ0) is 11.7. The van der Waals surface area contributed by atoms with Crippen molar-refractivity contribution in [3.8, 4) is 0 Å². The van der Waals surface area contributed by atoms with Crippen LogP contribution in [0.5, 0.6) is 0 Å². The van der Waals surface area contributed by atoms with Crippen molar-refractivity contribution in [2.75, 3.05) is 37.3 Å². The van der Waals surface area contributed by atoms with Crippen molar-refractivity contribution >= 4 is 34.0 Å². The van der Waals surface area contributed by atoms with Crippen LogP contribution in [0, 0.1) is 3.57 Å². The van der Waals surface area contributed by atoms with E-state index in [1.54, 1.807) is 0 Å². The molecule has 0 radical (unpaired) electrons. The van der Waals surface area contributed by atoms with Crippen LogP contribution < -0.4 is 10.6 Å². The van der Waals surface area contributed by atoms with Crippen LogP contribution in [0.25, 0.3) is 0 Å². The molecule has 1 aliphatic rings. The second-order valence-electron chi connectivity index (χ2n) is 4.48. The Morgan fingerprint density at radius 1 is 1.38 bits per heavy atom. The third-order valence-corrected chi connectivity index (χ3v) is 3.96. The minimum absolute atomic E-state index is 0.590. The van der Waals surface area contributed by atoms with Crippen molar-refractivity contribution in [2.45, 2.75) is 13.0 Å². The molecule has 1 fully saturated rings. The average molecular weight is 331 g/mol. The van der Waals surface area contributed by atoms with Crippen LogP contribution in [0.2, 0.25) is 0 Å². The van der Waals surface area contributed by atoms with E-state index in [2.05, 4.69) is 58.5 Å². The minimum Gasteiger partial charge on any atom is -0.397 e. The van der Waals surface area contributed by atoms with Gasteiger partial charge >= 0.3 is 0 Å². The average Bonchev–Trinajstić information content (AvgIpc) is 2.22. The van der Waals surface area contributed by atoms with E-state index in [9.17, 15) is 0 Å². The molecule has 1 saturated heterocycles. The van der Waals surface area contributed by atoms with E-state index in [0.29, 0.717) is 6.04 Å². The van der Waals surface area contributed by atoms with Gasteiger partial charge < -0.3 is 15.5 Å². The summed E-state index contributed by atoms with van der Waals surface area (Å²) >= 11 is 2.29. The van der Waals surface area contributed by atoms with Crippen molar-refractivity contribution in [1.29, 1.82) is 0 Å². The van der Waals surface area contributed by atoms with Gasteiger partial charge in [0.15, 0.2) is 0 Å². The van der Waals surface area contributed by atoms with Gasteiger partial charge in [-0.1, -0.05) is 0 Å². The number of piperazine rings is 1. The van der Waals surface area contributed by atoms with E-state index in [0.717, 1.165) is 25.3 Å². The number of rotatable bonds is 1. The third kappa shape index (κ3) is 2.43. The van der Waals surface area contributed by atoms with E-state index in [1.807, 2.05) is 6.07 Å². The first kappa shape index (κ1) is 12.0. The maximum absolute atomic E-state index is 6.07. The Morgan fingerprint density at radius 3 is 2.75 bits per heavy atom. The molecule has 4 heteroatoms. The summed E-state index contributed by atoms with van der Waals surface area (Å²) in [5.41, 5.74) is 8.15. The second-order valence-corrected chi connectivity index (χ2v) is 5.72. The zero-order valence-electron chi connectivity index (χ0n) is 9.78. The third-order valence-electron chi connectivity index (χ3n) is 3.29. The lowest BCUT2D eigenvalue weighted by atomic mass is 10.1. The summed E-state index contributed by atoms with van der Waals surface area (Å²) in [7, 11) is 2.18. The van der Waals surface area contributed by atoms with Gasteiger partial charge in [-0.25, -0.2) is 0 Å². The van der Waals surface area contributed by atoms with Gasteiger partial charge in [0.2, 0.25) is 0 Å². The molecule has 3 nitrogen and oxygen atoms in total. The first-order valence-corrected chi connectivity index (χ1v) is 6.66.